The summed E-state index contributed by atoms with van der Waals surface area (Å²) in [4.78, 5) is 4.43. The molecule has 0 saturated heterocycles. The van der Waals surface area contributed by atoms with Crippen molar-refractivity contribution in [3.63, 3.8) is 0 Å². The van der Waals surface area contributed by atoms with Gasteiger partial charge in [0.1, 0.15) is 0 Å². The molecule has 2 nitrogen and oxygen atoms in total. The summed E-state index contributed by atoms with van der Waals surface area (Å²) >= 11 is 5.86. The number of aryl methyl sites for hydroxylation is 1. The summed E-state index contributed by atoms with van der Waals surface area (Å²) in [6.07, 6.45) is -2.60. The Labute approximate surface area is 154 Å². The van der Waals surface area contributed by atoms with Crippen molar-refractivity contribution in [3.05, 3.63) is 82.1 Å². The highest BCUT2D eigenvalue weighted by molar-refractivity contribution is 6.30. The van der Waals surface area contributed by atoms with E-state index in [1.54, 1.807) is 18.3 Å². The number of aliphatic imine (C=N–C) groups is 1. The fraction of sp³-hybridized carbons (Fsp3) is 0.150. The second kappa shape index (κ2) is 7.00. The number of nitrogens with zero attached hydrogens (tertiary/aromatic N) is 2. The summed E-state index contributed by atoms with van der Waals surface area (Å²) in [5.41, 5.74) is 3.51. The lowest BCUT2D eigenvalue weighted by atomic mass is 10.2. The molecular formula is C20H16ClF3N2. The molecule has 0 atom stereocenters. The average molecular weight is 377 g/mol. The Morgan fingerprint density at radius 2 is 1.58 bits per heavy atom. The molecule has 0 bridgehead atoms. The third-order valence-electron chi connectivity index (χ3n) is 4.10. The van der Waals surface area contributed by atoms with Gasteiger partial charge in [-0.1, -0.05) is 11.6 Å². The first-order valence-corrected chi connectivity index (χ1v) is 8.30. The van der Waals surface area contributed by atoms with Crippen LogP contribution in [0.1, 0.15) is 22.5 Å². The van der Waals surface area contributed by atoms with Crippen molar-refractivity contribution in [2.24, 2.45) is 4.99 Å². The van der Waals surface area contributed by atoms with Gasteiger partial charge in [-0.3, -0.25) is 4.99 Å². The average Bonchev–Trinajstić information content (AvgIpc) is 2.87. The molecule has 0 fully saturated rings. The Balaban J connectivity index is 1.92. The predicted molar refractivity (Wildman–Crippen MR) is 99.0 cm³/mol. The normalized spacial score (nSPS) is 12.1. The van der Waals surface area contributed by atoms with Gasteiger partial charge in [-0.15, -0.1) is 0 Å². The highest BCUT2D eigenvalue weighted by atomic mass is 35.5. The molecule has 26 heavy (non-hydrogen) atoms. The molecule has 0 aliphatic rings. The van der Waals surface area contributed by atoms with Gasteiger partial charge in [0.2, 0.25) is 0 Å². The van der Waals surface area contributed by atoms with Crippen LogP contribution >= 0.6 is 11.6 Å². The van der Waals surface area contributed by atoms with Crippen LogP contribution in [-0.2, 0) is 6.18 Å². The number of alkyl halides is 3. The van der Waals surface area contributed by atoms with Crippen LogP contribution in [0.25, 0.3) is 5.69 Å². The number of halogens is 4. The molecule has 3 aromatic rings. The quantitative estimate of drug-likeness (QED) is 0.463. The maximum Gasteiger partial charge on any atom is 0.416 e. The van der Waals surface area contributed by atoms with E-state index < -0.39 is 11.7 Å². The van der Waals surface area contributed by atoms with Crippen LogP contribution in [0.4, 0.5) is 18.9 Å². The van der Waals surface area contributed by atoms with E-state index in [0.717, 1.165) is 34.8 Å². The van der Waals surface area contributed by atoms with E-state index in [1.807, 2.05) is 36.6 Å². The van der Waals surface area contributed by atoms with Crippen molar-refractivity contribution in [3.8, 4) is 5.69 Å². The molecule has 0 aliphatic carbocycles. The van der Waals surface area contributed by atoms with E-state index in [4.69, 9.17) is 11.6 Å². The van der Waals surface area contributed by atoms with Gasteiger partial charge in [-0.25, -0.2) is 0 Å². The van der Waals surface area contributed by atoms with Crippen LogP contribution in [0.3, 0.4) is 0 Å². The fourth-order valence-electron chi connectivity index (χ4n) is 2.79. The molecule has 0 amide bonds. The minimum Gasteiger partial charge on any atom is -0.318 e. The molecule has 0 aliphatic heterocycles. The molecule has 1 heterocycles. The summed E-state index contributed by atoms with van der Waals surface area (Å²) in [6.45, 7) is 3.82. The molecule has 0 radical (unpaired) electrons. The highest BCUT2D eigenvalue weighted by Gasteiger charge is 2.30. The first kappa shape index (κ1) is 18.3. The minimum absolute atomic E-state index is 0.643. The molecule has 0 spiro atoms. The number of hydrogen-bond donors (Lipinski definition) is 0. The van der Waals surface area contributed by atoms with Crippen molar-refractivity contribution in [2.45, 2.75) is 20.0 Å². The Kier molecular flexibility index (Phi) is 4.92. The van der Waals surface area contributed by atoms with Gasteiger partial charge in [-0.05, 0) is 68.4 Å². The topological polar surface area (TPSA) is 17.3 Å². The van der Waals surface area contributed by atoms with Crippen LogP contribution in [0.5, 0.6) is 0 Å². The minimum atomic E-state index is -4.34. The van der Waals surface area contributed by atoms with Gasteiger partial charge in [0, 0.05) is 33.9 Å². The van der Waals surface area contributed by atoms with Crippen LogP contribution in [-0.4, -0.2) is 10.8 Å². The Morgan fingerprint density at radius 1 is 0.962 bits per heavy atom. The lowest BCUT2D eigenvalue weighted by Crippen LogP contribution is -2.06. The van der Waals surface area contributed by atoms with Crippen molar-refractivity contribution < 1.29 is 13.2 Å². The molecule has 0 N–H and O–H groups in total. The number of hydrogen-bond acceptors (Lipinski definition) is 1. The van der Waals surface area contributed by atoms with Crippen LogP contribution in [0.15, 0.2) is 59.6 Å². The first-order valence-electron chi connectivity index (χ1n) is 7.92. The van der Waals surface area contributed by atoms with Crippen LogP contribution in [0, 0.1) is 13.8 Å². The lowest BCUT2D eigenvalue weighted by molar-refractivity contribution is -0.137. The van der Waals surface area contributed by atoms with Gasteiger partial charge in [0.25, 0.3) is 0 Å². The Hall–Kier alpha value is -2.53. The molecule has 0 unspecified atom stereocenters. The van der Waals surface area contributed by atoms with Gasteiger partial charge >= 0.3 is 6.18 Å². The Morgan fingerprint density at radius 3 is 2.15 bits per heavy atom. The zero-order valence-electron chi connectivity index (χ0n) is 14.2. The molecule has 134 valence electrons. The van der Waals surface area contributed by atoms with E-state index in [-0.39, 0.29) is 0 Å². The number of aromatic nitrogens is 1. The van der Waals surface area contributed by atoms with Gasteiger partial charge in [0.05, 0.1) is 11.3 Å². The predicted octanol–water partition coefficient (Wildman–Crippen LogP) is 6.52. The summed E-state index contributed by atoms with van der Waals surface area (Å²) in [7, 11) is 0. The van der Waals surface area contributed by atoms with Crippen molar-refractivity contribution in [2.75, 3.05) is 0 Å². The smallest absolute Gasteiger partial charge is 0.318 e. The summed E-state index contributed by atoms with van der Waals surface area (Å²) in [6, 6.07) is 14.2. The van der Waals surface area contributed by atoms with Crippen molar-refractivity contribution >= 4 is 23.5 Å². The fourth-order valence-corrected chi connectivity index (χ4v) is 2.91. The van der Waals surface area contributed by atoms with Gasteiger partial charge in [-0.2, -0.15) is 13.2 Å². The van der Waals surface area contributed by atoms with Gasteiger partial charge < -0.3 is 4.57 Å². The second-order valence-electron chi connectivity index (χ2n) is 5.94. The summed E-state index contributed by atoms with van der Waals surface area (Å²) in [5, 5.41) is 0.643. The maximum atomic E-state index is 12.7. The molecular weight excluding hydrogens is 361 g/mol. The van der Waals surface area contributed by atoms with Gasteiger partial charge in [0.15, 0.2) is 0 Å². The maximum absolute atomic E-state index is 12.7. The largest absolute Gasteiger partial charge is 0.416 e. The molecule has 2 aromatic carbocycles. The van der Waals surface area contributed by atoms with Crippen LogP contribution in [0.2, 0.25) is 5.02 Å². The lowest BCUT2D eigenvalue weighted by Gasteiger charge is -2.12. The van der Waals surface area contributed by atoms with Crippen LogP contribution < -0.4 is 0 Å². The first-order chi connectivity index (χ1) is 12.3. The zero-order chi connectivity index (χ0) is 18.9. The third kappa shape index (κ3) is 3.83. The summed E-state index contributed by atoms with van der Waals surface area (Å²) in [5.74, 6) is 0. The molecule has 1 aromatic heterocycles. The summed E-state index contributed by atoms with van der Waals surface area (Å²) < 4.78 is 40.1. The molecule has 6 heteroatoms. The SMILES string of the molecule is Cc1cc(C=Nc2ccc(Cl)cc2)c(C)n1-c1ccc(C(F)(F)F)cc1. The standard InChI is InChI=1S/C20H16ClF3N2/c1-13-11-15(12-25-18-7-5-17(21)6-8-18)14(2)26(13)19-9-3-16(4-10-19)20(22,23)24/h3-12H,1-2H3. The van der Waals surface area contributed by atoms with E-state index >= 15 is 0 Å². The number of rotatable bonds is 3. The second-order valence-corrected chi connectivity index (χ2v) is 6.38. The Bertz CT molecular complexity index is 937. The van der Waals surface area contributed by atoms with E-state index in [2.05, 4.69) is 4.99 Å². The molecule has 0 saturated carbocycles. The highest BCUT2D eigenvalue weighted by Crippen LogP contribution is 2.30. The van der Waals surface area contributed by atoms with E-state index in [0.29, 0.717) is 10.7 Å². The monoisotopic (exact) mass is 376 g/mol. The van der Waals surface area contributed by atoms with Crippen molar-refractivity contribution in [1.29, 1.82) is 0 Å². The van der Waals surface area contributed by atoms with E-state index in [1.165, 1.54) is 12.1 Å². The molecule has 3 rings (SSSR count). The third-order valence-corrected chi connectivity index (χ3v) is 4.35. The number of benzene rings is 2. The van der Waals surface area contributed by atoms with Crippen molar-refractivity contribution in [1.82, 2.24) is 4.57 Å². The zero-order valence-corrected chi connectivity index (χ0v) is 14.9. The van der Waals surface area contributed by atoms with E-state index in [9.17, 15) is 13.2 Å².